The van der Waals surface area contributed by atoms with Gasteiger partial charge in [0.1, 0.15) is 17.3 Å². The first-order chi connectivity index (χ1) is 16.4. The van der Waals surface area contributed by atoms with Crippen molar-refractivity contribution in [3.63, 3.8) is 0 Å². The minimum Gasteiger partial charge on any atom is -0.351 e. The first kappa shape index (κ1) is 23.4. The third kappa shape index (κ3) is 4.78. The minimum atomic E-state index is -0.598. The number of para-hydroxylation sites is 1. The Labute approximate surface area is 204 Å². The zero-order valence-corrected chi connectivity index (χ0v) is 19.4. The molecule has 2 amide bonds. The number of hydrogen-bond donors (Lipinski definition) is 2. The summed E-state index contributed by atoms with van der Waals surface area (Å²) >= 11 is 12.6. The third-order valence-electron chi connectivity index (χ3n) is 4.84. The summed E-state index contributed by atoms with van der Waals surface area (Å²) in [5.74, 6) is -1.33. The van der Waals surface area contributed by atoms with E-state index in [4.69, 9.17) is 23.2 Å². The normalized spacial score (nSPS) is 10.7. The molecule has 2 aromatic heterocycles. The Morgan fingerprint density at radius 1 is 1.00 bits per heavy atom. The van der Waals surface area contributed by atoms with Crippen LogP contribution in [0.5, 0.6) is 0 Å². The highest BCUT2D eigenvalue weighted by atomic mass is 35.5. The SMILES string of the molecule is CCNC(=O)c1cc(NC(=O)c2cc(-c3ncccc3F)c(Cl)cc2Cl)n(-c2ccccc2)n1. The quantitative estimate of drug-likeness (QED) is 0.374. The summed E-state index contributed by atoms with van der Waals surface area (Å²) in [4.78, 5) is 29.6. The van der Waals surface area contributed by atoms with Gasteiger partial charge < -0.3 is 10.6 Å². The van der Waals surface area contributed by atoms with Crippen molar-refractivity contribution >= 4 is 40.8 Å². The number of rotatable bonds is 6. The molecule has 0 atom stereocenters. The van der Waals surface area contributed by atoms with E-state index < -0.39 is 11.7 Å². The van der Waals surface area contributed by atoms with Crippen LogP contribution >= 0.6 is 23.2 Å². The van der Waals surface area contributed by atoms with Gasteiger partial charge in [-0.15, -0.1) is 0 Å². The molecule has 7 nitrogen and oxygen atoms in total. The van der Waals surface area contributed by atoms with Crippen molar-refractivity contribution in [3.05, 3.63) is 94.0 Å². The number of amides is 2. The molecule has 0 aliphatic carbocycles. The van der Waals surface area contributed by atoms with Crippen molar-refractivity contribution in [2.45, 2.75) is 6.92 Å². The molecule has 0 radical (unpaired) electrons. The Bertz CT molecular complexity index is 1380. The molecule has 0 bridgehead atoms. The number of pyridine rings is 1. The Balaban J connectivity index is 1.74. The fraction of sp³-hybridized carbons (Fsp3) is 0.0833. The summed E-state index contributed by atoms with van der Waals surface area (Å²) in [7, 11) is 0. The Hall–Kier alpha value is -3.75. The fourth-order valence-electron chi connectivity index (χ4n) is 3.27. The highest BCUT2D eigenvalue weighted by molar-refractivity contribution is 6.38. The van der Waals surface area contributed by atoms with Gasteiger partial charge in [-0.2, -0.15) is 5.10 Å². The van der Waals surface area contributed by atoms with Crippen LogP contribution in [0.4, 0.5) is 10.2 Å². The number of hydrogen-bond acceptors (Lipinski definition) is 4. The molecule has 0 unspecified atom stereocenters. The van der Waals surface area contributed by atoms with Crippen molar-refractivity contribution in [2.24, 2.45) is 0 Å². The number of carbonyl (C=O) groups excluding carboxylic acids is 2. The monoisotopic (exact) mass is 497 g/mol. The molecule has 2 heterocycles. The predicted molar refractivity (Wildman–Crippen MR) is 129 cm³/mol. The van der Waals surface area contributed by atoms with Crippen molar-refractivity contribution in [1.82, 2.24) is 20.1 Å². The molecule has 34 heavy (non-hydrogen) atoms. The number of anilines is 1. The summed E-state index contributed by atoms with van der Waals surface area (Å²) < 4.78 is 15.7. The molecular weight excluding hydrogens is 480 g/mol. The van der Waals surface area contributed by atoms with Gasteiger partial charge in [-0.3, -0.25) is 14.6 Å². The van der Waals surface area contributed by atoms with Crippen molar-refractivity contribution in [2.75, 3.05) is 11.9 Å². The molecule has 0 aliphatic rings. The zero-order valence-electron chi connectivity index (χ0n) is 17.8. The van der Waals surface area contributed by atoms with Crippen LogP contribution in [0.15, 0.2) is 66.9 Å². The van der Waals surface area contributed by atoms with E-state index in [0.29, 0.717) is 12.2 Å². The maximum absolute atomic E-state index is 14.3. The van der Waals surface area contributed by atoms with E-state index in [1.165, 1.54) is 41.2 Å². The summed E-state index contributed by atoms with van der Waals surface area (Å²) in [6.07, 6.45) is 1.42. The van der Waals surface area contributed by atoms with E-state index in [-0.39, 0.29) is 44.3 Å². The van der Waals surface area contributed by atoms with Gasteiger partial charge in [-0.25, -0.2) is 9.07 Å². The van der Waals surface area contributed by atoms with Gasteiger partial charge in [-0.05, 0) is 43.3 Å². The molecule has 0 fully saturated rings. The van der Waals surface area contributed by atoms with E-state index in [1.54, 1.807) is 31.2 Å². The van der Waals surface area contributed by atoms with Crippen LogP contribution in [0.1, 0.15) is 27.8 Å². The molecular formula is C24H18Cl2FN5O2. The molecule has 0 saturated heterocycles. The molecule has 4 aromatic rings. The van der Waals surface area contributed by atoms with Gasteiger partial charge in [0.2, 0.25) is 0 Å². The summed E-state index contributed by atoms with van der Waals surface area (Å²) in [6.45, 7) is 2.21. The molecule has 0 saturated carbocycles. The molecule has 0 aliphatic heterocycles. The standard InChI is InChI=1S/C24H18Cl2FN5O2/c1-2-28-24(34)20-13-21(32(31-20)14-7-4-3-5-8-14)30-23(33)16-11-15(17(25)12-18(16)26)22-19(27)9-6-10-29-22/h3-13H,2H2,1H3,(H,28,34)(H,30,33). The number of nitrogens with one attached hydrogen (secondary N) is 2. The average molecular weight is 498 g/mol. The fourth-order valence-corrected chi connectivity index (χ4v) is 3.83. The topological polar surface area (TPSA) is 88.9 Å². The van der Waals surface area contributed by atoms with Gasteiger partial charge in [-0.1, -0.05) is 41.4 Å². The number of carbonyl (C=O) groups is 2. The zero-order chi connectivity index (χ0) is 24.2. The van der Waals surface area contributed by atoms with Gasteiger partial charge in [0.25, 0.3) is 11.8 Å². The lowest BCUT2D eigenvalue weighted by atomic mass is 10.1. The highest BCUT2D eigenvalue weighted by Gasteiger charge is 2.21. The number of aromatic nitrogens is 3. The maximum atomic E-state index is 14.3. The first-order valence-corrected chi connectivity index (χ1v) is 11.0. The molecule has 0 spiro atoms. The third-order valence-corrected chi connectivity index (χ3v) is 5.46. The second kappa shape index (κ2) is 10.0. The van der Waals surface area contributed by atoms with Gasteiger partial charge in [0.05, 0.1) is 21.3 Å². The Morgan fingerprint density at radius 2 is 1.76 bits per heavy atom. The molecule has 2 N–H and O–H groups in total. The van der Waals surface area contributed by atoms with E-state index >= 15 is 0 Å². The highest BCUT2D eigenvalue weighted by Crippen LogP contribution is 2.33. The van der Waals surface area contributed by atoms with Crippen LogP contribution in [-0.2, 0) is 0 Å². The molecule has 2 aromatic carbocycles. The summed E-state index contributed by atoms with van der Waals surface area (Å²) in [5.41, 5.74) is 1.01. The lowest BCUT2D eigenvalue weighted by Gasteiger charge is -2.12. The maximum Gasteiger partial charge on any atom is 0.271 e. The number of halogens is 3. The molecule has 4 rings (SSSR count). The first-order valence-electron chi connectivity index (χ1n) is 10.2. The molecule has 172 valence electrons. The van der Waals surface area contributed by atoms with E-state index in [9.17, 15) is 14.0 Å². The van der Waals surface area contributed by atoms with Crippen molar-refractivity contribution < 1.29 is 14.0 Å². The van der Waals surface area contributed by atoms with E-state index in [2.05, 4.69) is 20.7 Å². The Kier molecular flexibility index (Phi) is 6.90. The predicted octanol–water partition coefficient (Wildman–Crippen LogP) is 5.38. The average Bonchev–Trinajstić information content (AvgIpc) is 3.24. The second-order valence-electron chi connectivity index (χ2n) is 7.12. The second-order valence-corrected chi connectivity index (χ2v) is 7.94. The lowest BCUT2D eigenvalue weighted by molar-refractivity contribution is 0.0949. The molecule has 10 heteroatoms. The van der Waals surface area contributed by atoms with Crippen molar-refractivity contribution in [1.29, 1.82) is 0 Å². The lowest BCUT2D eigenvalue weighted by Crippen LogP contribution is -2.23. The van der Waals surface area contributed by atoms with Crippen LogP contribution < -0.4 is 10.6 Å². The van der Waals surface area contributed by atoms with Crippen LogP contribution in [0.2, 0.25) is 10.0 Å². The number of nitrogens with zero attached hydrogens (tertiary/aromatic N) is 3. The van der Waals surface area contributed by atoms with E-state index in [0.717, 1.165) is 0 Å². The summed E-state index contributed by atoms with van der Waals surface area (Å²) in [6, 6.07) is 15.9. The largest absolute Gasteiger partial charge is 0.351 e. The van der Waals surface area contributed by atoms with Crippen LogP contribution in [-0.4, -0.2) is 33.1 Å². The van der Waals surface area contributed by atoms with E-state index in [1.807, 2.05) is 6.07 Å². The van der Waals surface area contributed by atoms with Gasteiger partial charge >= 0.3 is 0 Å². The smallest absolute Gasteiger partial charge is 0.271 e. The van der Waals surface area contributed by atoms with Crippen LogP contribution in [0.25, 0.3) is 16.9 Å². The van der Waals surface area contributed by atoms with Crippen molar-refractivity contribution in [3.8, 4) is 16.9 Å². The number of benzene rings is 2. The summed E-state index contributed by atoms with van der Waals surface area (Å²) in [5, 5.41) is 9.96. The minimum absolute atomic E-state index is 0.00827. The Morgan fingerprint density at radius 3 is 2.47 bits per heavy atom. The van der Waals surface area contributed by atoms with Gasteiger partial charge in [0, 0.05) is 24.4 Å². The van der Waals surface area contributed by atoms with Crippen LogP contribution in [0.3, 0.4) is 0 Å². The van der Waals surface area contributed by atoms with Gasteiger partial charge in [0.15, 0.2) is 5.69 Å². The van der Waals surface area contributed by atoms with Crippen LogP contribution in [0, 0.1) is 5.82 Å².